The van der Waals surface area contributed by atoms with E-state index in [4.69, 9.17) is 4.74 Å². The maximum absolute atomic E-state index is 12.3. The maximum atomic E-state index is 12.3. The lowest BCUT2D eigenvalue weighted by Gasteiger charge is -2.11. The number of benzene rings is 3. The number of rotatable bonds is 7. The number of para-hydroxylation sites is 1. The normalized spacial score (nSPS) is 10.6. The third-order valence-corrected chi connectivity index (χ3v) is 5.45. The Hall–Kier alpha value is -3.98. The minimum Gasteiger partial charge on any atom is -0.483 e. The van der Waals surface area contributed by atoms with Crippen LogP contribution in [-0.4, -0.2) is 30.5 Å². The number of nitrogens with one attached hydrogen (secondary N) is 3. The molecular formula is C26H25BrN4O4. The van der Waals surface area contributed by atoms with E-state index in [0.717, 1.165) is 21.2 Å². The molecular weight excluding hydrogens is 512 g/mol. The molecule has 0 aliphatic carbocycles. The third-order valence-electron chi connectivity index (χ3n) is 4.96. The van der Waals surface area contributed by atoms with Crippen molar-refractivity contribution in [2.45, 2.75) is 20.8 Å². The average molecular weight is 537 g/mol. The van der Waals surface area contributed by atoms with E-state index >= 15 is 0 Å². The number of aryl methyl sites for hydroxylation is 3. The van der Waals surface area contributed by atoms with Crippen LogP contribution in [0.3, 0.4) is 0 Å². The number of anilines is 2. The highest BCUT2D eigenvalue weighted by atomic mass is 79.9. The van der Waals surface area contributed by atoms with E-state index < -0.39 is 11.8 Å². The van der Waals surface area contributed by atoms with Crippen LogP contribution in [0.2, 0.25) is 0 Å². The van der Waals surface area contributed by atoms with Crippen LogP contribution in [0.5, 0.6) is 5.75 Å². The smallest absolute Gasteiger partial charge is 0.329 e. The number of hydrazone groups is 1. The van der Waals surface area contributed by atoms with Crippen molar-refractivity contribution in [3.05, 3.63) is 87.4 Å². The van der Waals surface area contributed by atoms with Gasteiger partial charge in [0, 0.05) is 21.4 Å². The van der Waals surface area contributed by atoms with E-state index in [2.05, 4.69) is 37.1 Å². The van der Waals surface area contributed by atoms with Gasteiger partial charge in [-0.2, -0.15) is 5.10 Å². The number of halogens is 1. The number of hydrogen-bond acceptors (Lipinski definition) is 5. The summed E-state index contributed by atoms with van der Waals surface area (Å²) in [6, 6.07) is 18.1. The molecule has 0 radical (unpaired) electrons. The van der Waals surface area contributed by atoms with Gasteiger partial charge in [-0.05, 0) is 62.2 Å². The van der Waals surface area contributed by atoms with E-state index in [0.29, 0.717) is 22.7 Å². The summed E-state index contributed by atoms with van der Waals surface area (Å²) in [6.45, 7) is 5.43. The number of amides is 3. The van der Waals surface area contributed by atoms with Crippen molar-refractivity contribution in [1.29, 1.82) is 0 Å². The molecule has 0 saturated heterocycles. The average Bonchev–Trinajstić information content (AvgIpc) is 2.82. The molecule has 3 aromatic carbocycles. The zero-order valence-electron chi connectivity index (χ0n) is 19.5. The van der Waals surface area contributed by atoms with Crippen molar-refractivity contribution in [2.24, 2.45) is 5.10 Å². The monoisotopic (exact) mass is 536 g/mol. The van der Waals surface area contributed by atoms with Crippen molar-refractivity contribution < 1.29 is 19.1 Å². The van der Waals surface area contributed by atoms with E-state index in [1.165, 1.54) is 6.21 Å². The van der Waals surface area contributed by atoms with Gasteiger partial charge in [0.2, 0.25) is 0 Å². The van der Waals surface area contributed by atoms with Gasteiger partial charge >= 0.3 is 11.8 Å². The van der Waals surface area contributed by atoms with Crippen LogP contribution in [-0.2, 0) is 14.4 Å². The van der Waals surface area contributed by atoms with Crippen LogP contribution in [0.15, 0.2) is 70.2 Å². The summed E-state index contributed by atoms with van der Waals surface area (Å²) in [4.78, 5) is 36.7. The summed E-state index contributed by atoms with van der Waals surface area (Å²) < 4.78 is 6.39. The number of hydrogen-bond donors (Lipinski definition) is 3. The fraction of sp³-hybridized carbons (Fsp3) is 0.154. The first-order chi connectivity index (χ1) is 16.7. The van der Waals surface area contributed by atoms with Gasteiger partial charge in [0.05, 0.1) is 6.21 Å². The number of nitrogens with zero attached hydrogens (tertiary/aromatic N) is 1. The summed E-state index contributed by atoms with van der Waals surface area (Å²) >= 11 is 3.37. The van der Waals surface area contributed by atoms with Crippen LogP contribution in [0.25, 0.3) is 0 Å². The molecule has 3 amide bonds. The Morgan fingerprint density at radius 3 is 2.29 bits per heavy atom. The number of carbonyl (C=O) groups excluding carboxylic acids is 3. The van der Waals surface area contributed by atoms with E-state index in [9.17, 15) is 14.4 Å². The molecule has 0 aliphatic rings. The van der Waals surface area contributed by atoms with Crippen molar-refractivity contribution in [3.8, 4) is 5.75 Å². The topological polar surface area (TPSA) is 109 Å². The minimum atomic E-state index is -0.918. The first-order valence-electron chi connectivity index (χ1n) is 10.7. The molecule has 3 rings (SSSR count). The molecule has 8 nitrogen and oxygen atoms in total. The molecule has 3 N–H and O–H groups in total. The molecule has 0 bridgehead atoms. The fourth-order valence-corrected chi connectivity index (χ4v) is 3.50. The maximum Gasteiger partial charge on any atom is 0.329 e. The Labute approximate surface area is 211 Å². The molecule has 0 heterocycles. The van der Waals surface area contributed by atoms with Crippen LogP contribution in [0.4, 0.5) is 11.4 Å². The summed E-state index contributed by atoms with van der Waals surface area (Å²) in [5.41, 5.74) is 6.74. The SMILES string of the molecule is Cc1ccc(NC(=O)COc2ccc(Br)cc2/C=N\NC(=O)C(=O)Nc2c(C)cccc2C)cc1. The van der Waals surface area contributed by atoms with Gasteiger partial charge in [0.25, 0.3) is 5.91 Å². The van der Waals surface area contributed by atoms with E-state index in [1.54, 1.807) is 18.2 Å². The molecule has 35 heavy (non-hydrogen) atoms. The molecule has 9 heteroatoms. The predicted octanol–water partition coefficient (Wildman–Crippen LogP) is 4.48. The lowest BCUT2D eigenvalue weighted by atomic mass is 10.1. The highest BCUT2D eigenvalue weighted by Crippen LogP contribution is 2.22. The Bertz CT molecular complexity index is 1250. The highest BCUT2D eigenvalue weighted by molar-refractivity contribution is 9.10. The second-order valence-electron chi connectivity index (χ2n) is 7.81. The third kappa shape index (κ3) is 7.51. The molecule has 0 fully saturated rings. The van der Waals surface area contributed by atoms with Crippen LogP contribution < -0.4 is 20.8 Å². The molecule has 0 atom stereocenters. The van der Waals surface area contributed by atoms with Crippen LogP contribution in [0, 0.1) is 20.8 Å². The molecule has 0 saturated carbocycles. The van der Waals surface area contributed by atoms with E-state index in [1.807, 2.05) is 63.2 Å². The first kappa shape index (κ1) is 25.6. The van der Waals surface area contributed by atoms with Gasteiger partial charge in [0.15, 0.2) is 6.61 Å². The fourth-order valence-electron chi connectivity index (χ4n) is 3.12. The lowest BCUT2D eigenvalue weighted by molar-refractivity contribution is -0.136. The van der Waals surface area contributed by atoms with Gasteiger partial charge in [0.1, 0.15) is 5.75 Å². The standard InChI is InChI=1S/C26H25BrN4O4/c1-16-7-10-21(11-8-16)29-23(32)15-35-22-12-9-20(27)13-19(22)14-28-31-26(34)25(33)30-24-17(2)5-4-6-18(24)3/h4-14H,15H2,1-3H3,(H,29,32)(H,30,33)(H,31,34)/b28-14-. The number of carbonyl (C=O) groups is 3. The largest absolute Gasteiger partial charge is 0.483 e. The Balaban J connectivity index is 1.59. The first-order valence-corrected chi connectivity index (χ1v) is 11.5. The molecule has 0 aromatic heterocycles. The highest BCUT2D eigenvalue weighted by Gasteiger charge is 2.15. The van der Waals surface area contributed by atoms with Crippen molar-refractivity contribution in [3.63, 3.8) is 0 Å². The summed E-state index contributed by atoms with van der Waals surface area (Å²) in [5, 5.41) is 9.23. The van der Waals surface area contributed by atoms with Gasteiger partial charge in [-0.1, -0.05) is 51.8 Å². The van der Waals surface area contributed by atoms with E-state index in [-0.39, 0.29) is 12.5 Å². The van der Waals surface area contributed by atoms with Gasteiger partial charge in [-0.25, -0.2) is 5.43 Å². The second kappa shape index (κ2) is 11.9. The quantitative estimate of drug-likeness (QED) is 0.235. The predicted molar refractivity (Wildman–Crippen MR) is 140 cm³/mol. The Kier molecular flexibility index (Phi) is 8.74. The molecule has 180 valence electrons. The van der Waals surface area contributed by atoms with Gasteiger partial charge in [-0.15, -0.1) is 0 Å². The van der Waals surface area contributed by atoms with Crippen LogP contribution in [0.1, 0.15) is 22.3 Å². The molecule has 0 spiro atoms. The minimum absolute atomic E-state index is 0.221. The van der Waals surface area contributed by atoms with Gasteiger partial charge in [-0.3, -0.25) is 14.4 Å². The molecule has 0 unspecified atom stereocenters. The second-order valence-corrected chi connectivity index (χ2v) is 8.72. The zero-order chi connectivity index (χ0) is 25.4. The summed E-state index contributed by atoms with van der Waals surface area (Å²) in [5.74, 6) is -1.70. The lowest BCUT2D eigenvalue weighted by Crippen LogP contribution is -2.32. The molecule has 3 aromatic rings. The summed E-state index contributed by atoms with van der Waals surface area (Å²) in [7, 11) is 0. The van der Waals surface area contributed by atoms with Gasteiger partial charge < -0.3 is 15.4 Å². The molecule has 0 aliphatic heterocycles. The Morgan fingerprint density at radius 2 is 1.60 bits per heavy atom. The van der Waals surface area contributed by atoms with Crippen molar-refractivity contribution in [2.75, 3.05) is 17.2 Å². The zero-order valence-corrected chi connectivity index (χ0v) is 21.1. The van der Waals surface area contributed by atoms with Crippen molar-refractivity contribution in [1.82, 2.24) is 5.43 Å². The van der Waals surface area contributed by atoms with Crippen LogP contribution >= 0.6 is 15.9 Å². The summed E-state index contributed by atoms with van der Waals surface area (Å²) in [6.07, 6.45) is 1.34. The van der Waals surface area contributed by atoms with Crippen molar-refractivity contribution >= 4 is 51.2 Å². The Morgan fingerprint density at radius 1 is 0.914 bits per heavy atom. The number of ether oxygens (including phenoxy) is 1.